The summed E-state index contributed by atoms with van der Waals surface area (Å²) in [6, 6.07) is 7.44. The normalized spacial score (nSPS) is 21.3. The molecule has 0 heterocycles. The summed E-state index contributed by atoms with van der Waals surface area (Å²) in [6.07, 6.45) is 4.86. The number of rotatable bonds is 5. The van der Waals surface area contributed by atoms with E-state index in [-0.39, 0.29) is 36.0 Å². The minimum atomic E-state index is -3.05. The van der Waals surface area contributed by atoms with Gasteiger partial charge in [-0.2, -0.15) is 0 Å². The first-order valence-electron chi connectivity index (χ1n) is 7.62. The average Bonchev–Trinajstić information content (AvgIpc) is 2.43. The summed E-state index contributed by atoms with van der Waals surface area (Å²) in [5.41, 5.74) is 7.57. The molecule has 2 rings (SSSR count). The van der Waals surface area contributed by atoms with Crippen LogP contribution in [0.25, 0.3) is 0 Å². The highest BCUT2D eigenvalue weighted by Crippen LogP contribution is 2.23. The van der Waals surface area contributed by atoms with Crippen molar-refractivity contribution in [2.45, 2.75) is 44.0 Å². The number of nitrogens with one attached hydrogen (secondary N) is 1. The van der Waals surface area contributed by atoms with Crippen LogP contribution in [-0.2, 0) is 26.9 Å². The molecule has 0 aromatic heterocycles. The number of hydrogen-bond acceptors (Lipinski definition) is 4. The number of carbonyl (C=O) groups excluding carboxylic acids is 1. The molecule has 3 N–H and O–H groups in total. The van der Waals surface area contributed by atoms with Gasteiger partial charge in [0.05, 0.1) is 5.75 Å². The molecule has 0 radical (unpaired) electrons. The Morgan fingerprint density at radius 1 is 1.30 bits per heavy atom. The Kier molecular flexibility index (Phi) is 7.51. The topological polar surface area (TPSA) is 89.3 Å². The average molecular weight is 361 g/mol. The van der Waals surface area contributed by atoms with Gasteiger partial charge in [0, 0.05) is 24.8 Å². The molecule has 1 saturated carbocycles. The zero-order chi connectivity index (χ0) is 16.2. The van der Waals surface area contributed by atoms with Crippen molar-refractivity contribution in [2.24, 2.45) is 11.7 Å². The van der Waals surface area contributed by atoms with Crippen LogP contribution < -0.4 is 11.1 Å². The van der Waals surface area contributed by atoms with Gasteiger partial charge in [0.25, 0.3) is 0 Å². The van der Waals surface area contributed by atoms with E-state index in [0.717, 1.165) is 36.8 Å². The van der Waals surface area contributed by atoms with E-state index in [0.29, 0.717) is 6.54 Å². The Balaban J connectivity index is 0.00000264. The van der Waals surface area contributed by atoms with E-state index in [1.165, 1.54) is 6.26 Å². The first kappa shape index (κ1) is 19.9. The molecule has 5 nitrogen and oxygen atoms in total. The van der Waals surface area contributed by atoms with E-state index < -0.39 is 9.84 Å². The molecule has 0 spiro atoms. The predicted octanol–water partition coefficient (Wildman–Crippen LogP) is 1.79. The summed E-state index contributed by atoms with van der Waals surface area (Å²) >= 11 is 0. The largest absolute Gasteiger partial charge is 0.352 e. The maximum absolute atomic E-state index is 12.2. The van der Waals surface area contributed by atoms with Crippen molar-refractivity contribution in [2.75, 3.05) is 6.26 Å². The SMILES string of the molecule is CS(=O)(=O)Cc1cccc(CNC(=O)C2CCCC(N)C2)c1.Cl. The number of sulfone groups is 1. The van der Waals surface area contributed by atoms with Crippen LogP contribution in [-0.4, -0.2) is 26.6 Å². The second kappa shape index (κ2) is 8.66. The molecule has 2 atom stereocenters. The predicted molar refractivity (Wildman–Crippen MR) is 94.0 cm³/mol. The third kappa shape index (κ3) is 6.89. The van der Waals surface area contributed by atoms with E-state index in [9.17, 15) is 13.2 Å². The first-order valence-corrected chi connectivity index (χ1v) is 9.68. The number of amides is 1. The number of nitrogens with two attached hydrogens (primary N) is 1. The van der Waals surface area contributed by atoms with Crippen LogP contribution in [0.2, 0.25) is 0 Å². The molecule has 23 heavy (non-hydrogen) atoms. The zero-order valence-corrected chi connectivity index (χ0v) is 15.0. The fourth-order valence-electron chi connectivity index (χ4n) is 2.93. The van der Waals surface area contributed by atoms with Crippen molar-refractivity contribution in [1.82, 2.24) is 5.32 Å². The van der Waals surface area contributed by atoms with E-state index in [2.05, 4.69) is 5.32 Å². The molecule has 0 saturated heterocycles. The second-order valence-electron chi connectivity index (χ2n) is 6.23. The molecule has 2 unspecified atom stereocenters. The van der Waals surface area contributed by atoms with Gasteiger partial charge in [0.2, 0.25) is 5.91 Å². The highest BCUT2D eigenvalue weighted by molar-refractivity contribution is 7.89. The minimum Gasteiger partial charge on any atom is -0.352 e. The molecule has 0 bridgehead atoms. The maximum atomic E-state index is 12.2. The Morgan fingerprint density at radius 2 is 2.00 bits per heavy atom. The van der Waals surface area contributed by atoms with Gasteiger partial charge in [-0.1, -0.05) is 30.7 Å². The molecule has 1 amide bonds. The number of carbonyl (C=O) groups is 1. The van der Waals surface area contributed by atoms with E-state index in [1.54, 1.807) is 6.07 Å². The Labute approximate surface area is 144 Å². The van der Waals surface area contributed by atoms with Crippen LogP contribution in [0.4, 0.5) is 0 Å². The minimum absolute atomic E-state index is 0. The monoisotopic (exact) mass is 360 g/mol. The molecule has 130 valence electrons. The summed E-state index contributed by atoms with van der Waals surface area (Å²) in [4.78, 5) is 12.2. The molecule has 7 heteroatoms. The van der Waals surface area contributed by atoms with Crippen LogP contribution in [0.5, 0.6) is 0 Å². The van der Waals surface area contributed by atoms with Crippen molar-refractivity contribution in [3.05, 3.63) is 35.4 Å². The van der Waals surface area contributed by atoms with Crippen LogP contribution in [0.3, 0.4) is 0 Å². The summed E-state index contributed by atoms with van der Waals surface area (Å²) < 4.78 is 22.7. The summed E-state index contributed by atoms with van der Waals surface area (Å²) in [7, 11) is -3.05. The van der Waals surface area contributed by atoms with Crippen molar-refractivity contribution in [1.29, 1.82) is 0 Å². The lowest BCUT2D eigenvalue weighted by molar-refractivity contribution is -0.126. The molecule has 1 fully saturated rings. The Hall–Kier alpha value is -1.11. The fraction of sp³-hybridized carbons (Fsp3) is 0.562. The van der Waals surface area contributed by atoms with Gasteiger partial charge in [-0.15, -0.1) is 12.4 Å². The van der Waals surface area contributed by atoms with Crippen molar-refractivity contribution in [3.8, 4) is 0 Å². The van der Waals surface area contributed by atoms with Gasteiger partial charge >= 0.3 is 0 Å². The number of hydrogen-bond donors (Lipinski definition) is 2. The van der Waals surface area contributed by atoms with Crippen LogP contribution in [0.1, 0.15) is 36.8 Å². The van der Waals surface area contributed by atoms with Gasteiger partial charge in [0.15, 0.2) is 9.84 Å². The standard InChI is InChI=1S/C16H24N2O3S.ClH/c1-22(20,21)11-13-5-2-4-12(8-13)10-18-16(19)14-6-3-7-15(17)9-14;/h2,4-5,8,14-15H,3,6-7,9-11,17H2,1H3,(H,18,19);1H. The summed E-state index contributed by atoms with van der Waals surface area (Å²) in [5.74, 6) is 0.0679. The maximum Gasteiger partial charge on any atom is 0.223 e. The third-order valence-electron chi connectivity index (χ3n) is 3.97. The molecule has 1 aliphatic rings. The third-order valence-corrected chi connectivity index (χ3v) is 4.83. The molecule has 1 aromatic rings. The van der Waals surface area contributed by atoms with Crippen LogP contribution >= 0.6 is 12.4 Å². The smallest absolute Gasteiger partial charge is 0.223 e. The lowest BCUT2D eigenvalue weighted by Gasteiger charge is -2.25. The van der Waals surface area contributed by atoms with E-state index >= 15 is 0 Å². The quantitative estimate of drug-likeness (QED) is 0.837. The Morgan fingerprint density at radius 3 is 2.65 bits per heavy atom. The van der Waals surface area contributed by atoms with Crippen molar-refractivity contribution < 1.29 is 13.2 Å². The molecular weight excluding hydrogens is 336 g/mol. The zero-order valence-electron chi connectivity index (χ0n) is 13.3. The summed E-state index contributed by atoms with van der Waals surface area (Å²) in [6.45, 7) is 0.419. The van der Waals surface area contributed by atoms with Gasteiger partial charge in [-0.25, -0.2) is 8.42 Å². The molecule has 0 aliphatic heterocycles. The molecule has 1 aliphatic carbocycles. The Bertz CT molecular complexity index is 634. The van der Waals surface area contributed by atoms with E-state index in [1.807, 2.05) is 18.2 Å². The lowest BCUT2D eigenvalue weighted by atomic mass is 9.85. The number of benzene rings is 1. The van der Waals surface area contributed by atoms with Gasteiger partial charge < -0.3 is 11.1 Å². The number of halogens is 1. The van der Waals surface area contributed by atoms with Crippen molar-refractivity contribution in [3.63, 3.8) is 0 Å². The second-order valence-corrected chi connectivity index (χ2v) is 8.37. The summed E-state index contributed by atoms with van der Waals surface area (Å²) in [5, 5.41) is 2.94. The van der Waals surface area contributed by atoms with Crippen LogP contribution in [0.15, 0.2) is 24.3 Å². The lowest BCUT2D eigenvalue weighted by Crippen LogP contribution is -2.37. The molecule has 1 aromatic carbocycles. The first-order chi connectivity index (χ1) is 10.3. The highest BCUT2D eigenvalue weighted by atomic mass is 35.5. The highest BCUT2D eigenvalue weighted by Gasteiger charge is 2.24. The van der Waals surface area contributed by atoms with Crippen LogP contribution in [0, 0.1) is 5.92 Å². The fourth-order valence-corrected chi connectivity index (χ4v) is 3.72. The van der Waals surface area contributed by atoms with Gasteiger partial charge in [-0.05, 0) is 30.4 Å². The van der Waals surface area contributed by atoms with E-state index in [4.69, 9.17) is 5.73 Å². The van der Waals surface area contributed by atoms with Gasteiger partial charge in [-0.3, -0.25) is 4.79 Å². The molecular formula is C16H25ClN2O3S. The van der Waals surface area contributed by atoms with Crippen molar-refractivity contribution >= 4 is 28.2 Å². The van der Waals surface area contributed by atoms with Gasteiger partial charge in [0.1, 0.15) is 0 Å².